The molecule has 0 radical (unpaired) electrons. The zero-order chi connectivity index (χ0) is 16.7. The summed E-state index contributed by atoms with van der Waals surface area (Å²) in [6, 6.07) is 9.80. The predicted molar refractivity (Wildman–Crippen MR) is 91.7 cm³/mol. The molecule has 2 rings (SSSR count). The molecule has 1 aromatic rings. The first-order valence-corrected chi connectivity index (χ1v) is 10.1. The molecule has 3 N–H and O–H groups in total. The van der Waals surface area contributed by atoms with Gasteiger partial charge in [-0.15, -0.1) is 0 Å². The summed E-state index contributed by atoms with van der Waals surface area (Å²) in [7, 11) is -3.36. The number of hydrogen-bond donors (Lipinski definition) is 2. The maximum absolute atomic E-state index is 12.1. The Balaban J connectivity index is 1.75. The Hall–Kier alpha value is -1.40. The summed E-state index contributed by atoms with van der Waals surface area (Å²) >= 11 is 0. The van der Waals surface area contributed by atoms with E-state index in [9.17, 15) is 13.2 Å². The molecule has 1 amide bonds. The molecule has 1 fully saturated rings. The Labute approximate surface area is 138 Å². The van der Waals surface area contributed by atoms with Gasteiger partial charge in [-0.1, -0.05) is 36.8 Å². The first-order chi connectivity index (χ1) is 11.0. The molecule has 6 heteroatoms. The molecular weight excluding hydrogens is 312 g/mol. The van der Waals surface area contributed by atoms with E-state index in [-0.39, 0.29) is 17.7 Å². The molecule has 0 aliphatic heterocycles. The van der Waals surface area contributed by atoms with Crippen molar-refractivity contribution in [1.29, 1.82) is 0 Å². The van der Waals surface area contributed by atoms with E-state index in [1.54, 1.807) is 0 Å². The van der Waals surface area contributed by atoms with Crippen LogP contribution in [-0.2, 0) is 21.1 Å². The van der Waals surface area contributed by atoms with Crippen LogP contribution in [0.3, 0.4) is 0 Å². The van der Waals surface area contributed by atoms with Crippen molar-refractivity contribution in [2.24, 2.45) is 11.7 Å². The van der Waals surface area contributed by atoms with E-state index in [0.29, 0.717) is 19.4 Å². The quantitative estimate of drug-likeness (QED) is 0.747. The monoisotopic (exact) mass is 338 g/mol. The minimum absolute atomic E-state index is 0.0343. The molecule has 1 aliphatic rings. The molecule has 2 unspecified atom stereocenters. The van der Waals surface area contributed by atoms with Crippen molar-refractivity contribution in [3.05, 3.63) is 35.9 Å². The van der Waals surface area contributed by atoms with Gasteiger partial charge < -0.3 is 11.1 Å². The SMILES string of the molecule is NCC1CCCC1NC(=O)CS(=O)(=O)CCCc1ccccc1. The van der Waals surface area contributed by atoms with Crippen molar-refractivity contribution in [3.8, 4) is 0 Å². The molecule has 0 spiro atoms. The molecular formula is C17H26N2O3S. The summed E-state index contributed by atoms with van der Waals surface area (Å²) in [6.45, 7) is 0.536. The number of carbonyl (C=O) groups is 1. The van der Waals surface area contributed by atoms with Crippen LogP contribution in [-0.4, -0.2) is 38.4 Å². The predicted octanol–water partition coefficient (Wildman–Crippen LogP) is 1.28. The number of rotatable bonds is 8. The van der Waals surface area contributed by atoms with Gasteiger partial charge in [0.25, 0.3) is 0 Å². The third-order valence-corrected chi connectivity index (χ3v) is 6.04. The van der Waals surface area contributed by atoms with E-state index >= 15 is 0 Å². The number of benzene rings is 1. The number of nitrogens with one attached hydrogen (secondary N) is 1. The van der Waals surface area contributed by atoms with Gasteiger partial charge in [-0.25, -0.2) is 8.42 Å². The minimum Gasteiger partial charge on any atom is -0.352 e. The van der Waals surface area contributed by atoms with Crippen LogP contribution in [0.25, 0.3) is 0 Å². The molecule has 23 heavy (non-hydrogen) atoms. The van der Waals surface area contributed by atoms with Crippen LogP contribution < -0.4 is 11.1 Å². The summed E-state index contributed by atoms with van der Waals surface area (Å²) < 4.78 is 24.1. The van der Waals surface area contributed by atoms with Crippen molar-refractivity contribution in [2.75, 3.05) is 18.1 Å². The molecule has 5 nitrogen and oxygen atoms in total. The maximum atomic E-state index is 12.1. The standard InChI is InChI=1S/C17H26N2O3S/c18-12-15-9-4-10-16(15)19-17(20)13-23(21,22)11-5-8-14-6-2-1-3-7-14/h1-3,6-7,15-16H,4-5,8-13,18H2,(H,19,20). The Kier molecular flexibility index (Phi) is 6.59. The number of carbonyl (C=O) groups excluding carboxylic acids is 1. The summed E-state index contributed by atoms with van der Waals surface area (Å²) in [5, 5.41) is 2.85. The molecule has 0 saturated heterocycles. The summed E-state index contributed by atoms with van der Waals surface area (Å²) in [6.07, 6.45) is 4.18. The normalized spacial score (nSPS) is 21.3. The molecule has 1 aromatic carbocycles. The van der Waals surface area contributed by atoms with Gasteiger partial charge in [0.15, 0.2) is 9.84 Å². The largest absolute Gasteiger partial charge is 0.352 e. The van der Waals surface area contributed by atoms with Crippen LogP contribution in [0.1, 0.15) is 31.2 Å². The summed E-state index contributed by atoms with van der Waals surface area (Å²) in [5.74, 6) is -0.495. The van der Waals surface area contributed by atoms with Crippen LogP contribution in [0.4, 0.5) is 0 Å². The van der Waals surface area contributed by atoms with Crippen molar-refractivity contribution < 1.29 is 13.2 Å². The number of nitrogens with two attached hydrogens (primary N) is 1. The topological polar surface area (TPSA) is 89.3 Å². The lowest BCUT2D eigenvalue weighted by atomic mass is 10.0. The number of hydrogen-bond acceptors (Lipinski definition) is 4. The Morgan fingerprint density at radius 3 is 2.65 bits per heavy atom. The summed E-state index contributed by atoms with van der Waals surface area (Å²) in [5.41, 5.74) is 6.79. The minimum atomic E-state index is -3.36. The lowest BCUT2D eigenvalue weighted by molar-refractivity contribution is -0.119. The van der Waals surface area contributed by atoms with Gasteiger partial charge in [-0.3, -0.25) is 4.79 Å². The first-order valence-electron chi connectivity index (χ1n) is 8.24. The number of aryl methyl sites for hydroxylation is 1. The molecule has 1 aliphatic carbocycles. The molecule has 0 bridgehead atoms. The average Bonchev–Trinajstić information content (AvgIpc) is 2.94. The van der Waals surface area contributed by atoms with E-state index < -0.39 is 21.5 Å². The lowest BCUT2D eigenvalue weighted by Gasteiger charge is -2.19. The van der Waals surface area contributed by atoms with Crippen molar-refractivity contribution >= 4 is 15.7 Å². The van der Waals surface area contributed by atoms with E-state index in [1.807, 2.05) is 30.3 Å². The molecule has 0 heterocycles. The highest BCUT2D eigenvalue weighted by Crippen LogP contribution is 2.24. The second-order valence-corrected chi connectivity index (χ2v) is 8.47. The third kappa shape index (κ3) is 5.95. The van der Waals surface area contributed by atoms with Crippen LogP contribution >= 0.6 is 0 Å². The second kappa shape index (κ2) is 8.45. The molecule has 2 atom stereocenters. The van der Waals surface area contributed by atoms with Crippen LogP contribution in [0.2, 0.25) is 0 Å². The number of amides is 1. The number of sulfone groups is 1. The van der Waals surface area contributed by atoms with Gasteiger partial charge in [0.2, 0.25) is 5.91 Å². The van der Waals surface area contributed by atoms with Crippen molar-refractivity contribution in [3.63, 3.8) is 0 Å². The lowest BCUT2D eigenvalue weighted by Crippen LogP contribution is -2.42. The second-order valence-electron chi connectivity index (χ2n) is 6.28. The maximum Gasteiger partial charge on any atom is 0.235 e. The third-order valence-electron chi connectivity index (χ3n) is 4.42. The van der Waals surface area contributed by atoms with Gasteiger partial charge in [-0.2, -0.15) is 0 Å². The van der Waals surface area contributed by atoms with E-state index in [1.165, 1.54) is 0 Å². The Morgan fingerprint density at radius 2 is 1.96 bits per heavy atom. The van der Waals surface area contributed by atoms with Gasteiger partial charge in [0, 0.05) is 6.04 Å². The molecule has 1 saturated carbocycles. The Bertz CT molecular complexity index is 602. The highest BCUT2D eigenvalue weighted by atomic mass is 32.2. The van der Waals surface area contributed by atoms with Crippen LogP contribution in [0, 0.1) is 5.92 Å². The van der Waals surface area contributed by atoms with Gasteiger partial charge in [0.1, 0.15) is 5.75 Å². The van der Waals surface area contributed by atoms with E-state index in [2.05, 4.69) is 5.32 Å². The van der Waals surface area contributed by atoms with Crippen LogP contribution in [0.15, 0.2) is 30.3 Å². The van der Waals surface area contributed by atoms with Crippen molar-refractivity contribution in [1.82, 2.24) is 5.32 Å². The smallest absolute Gasteiger partial charge is 0.235 e. The zero-order valence-electron chi connectivity index (χ0n) is 13.4. The fraction of sp³-hybridized carbons (Fsp3) is 0.588. The highest BCUT2D eigenvalue weighted by molar-refractivity contribution is 7.92. The van der Waals surface area contributed by atoms with Crippen LogP contribution in [0.5, 0.6) is 0 Å². The first kappa shape index (κ1) is 17.9. The van der Waals surface area contributed by atoms with Gasteiger partial charge >= 0.3 is 0 Å². The van der Waals surface area contributed by atoms with Crippen molar-refractivity contribution in [2.45, 2.75) is 38.1 Å². The fourth-order valence-electron chi connectivity index (χ4n) is 3.17. The summed E-state index contributed by atoms with van der Waals surface area (Å²) in [4.78, 5) is 12.0. The van der Waals surface area contributed by atoms with E-state index in [0.717, 1.165) is 24.8 Å². The highest BCUT2D eigenvalue weighted by Gasteiger charge is 2.28. The van der Waals surface area contributed by atoms with E-state index in [4.69, 9.17) is 5.73 Å². The Morgan fingerprint density at radius 1 is 1.22 bits per heavy atom. The fourth-order valence-corrected chi connectivity index (χ4v) is 4.38. The molecule has 128 valence electrons. The average molecular weight is 338 g/mol. The molecule has 0 aromatic heterocycles. The van der Waals surface area contributed by atoms with Gasteiger partial charge in [0.05, 0.1) is 5.75 Å². The zero-order valence-corrected chi connectivity index (χ0v) is 14.2. The van der Waals surface area contributed by atoms with Gasteiger partial charge in [-0.05, 0) is 43.7 Å².